The van der Waals surface area contributed by atoms with Gasteiger partial charge >= 0.3 is 0 Å². The largest absolute Gasteiger partial charge is 0.508 e. The van der Waals surface area contributed by atoms with Gasteiger partial charge in [0.25, 0.3) is 0 Å². The minimum atomic E-state index is 0.287. The molecular weight excluding hydrogens is 258 g/mol. The number of H-pyrrole nitrogens is 1. The van der Waals surface area contributed by atoms with E-state index in [9.17, 15) is 5.11 Å². The molecule has 3 rings (SSSR count). The van der Waals surface area contributed by atoms with E-state index in [4.69, 9.17) is 5.73 Å². The normalized spacial score (nSPS) is 10.9. The maximum absolute atomic E-state index is 9.41. The fourth-order valence-corrected chi connectivity index (χ4v) is 2.70. The summed E-state index contributed by atoms with van der Waals surface area (Å²) < 4.78 is 0. The number of benzene rings is 2. The fourth-order valence-electron chi connectivity index (χ4n) is 1.87. The smallest absolute Gasteiger partial charge is 0.166 e. The van der Waals surface area contributed by atoms with E-state index in [-0.39, 0.29) is 5.75 Å². The first-order valence-electron chi connectivity index (χ1n) is 5.87. The number of nitrogens with one attached hydrogen (secondary N) is 1. The van der Waals surface area contributed by atoms with E-state index in [0.29, 0.717) is 0 Å². The Morgan fingerprint density at radius 3 is 2.95 bits per heavy atom. The van der Waals surface area contributed by atoms with E-state index < -0.39 is 0 Å². The number of aromatic hydroxyl groups is 1. The number of phenolic OH excluding ortho intramolecular Hbond substituents is 1. The van der Waals surface area contributed by atoms with Crippen molar-refractivity contribution in [2.75, 3.05) is 5.73 Å². The van der Waals surface area contributed by atoms with Crippen molar-refractivity contribution < 1.29 is 5.11 Å². The molecule has 5 heteroatoms. The average Bonchev–Trinajstić information content (AvgIpc) is 2.78. The molecule has 0 atom stereocenters. The molecule has 0 unspecified atom stereocenters. The van der Waals surface area contributed by atoms with Crippen LogP contribution in [0.5, 0.6) is 5.75 Å². The topological polar surface area (TPSA) is 74.9 Å². The van der Waals surface area contributed by atoms with Gasteiger partial charge in [0, 0.05) is 11.4 Å². The van der Waals surface area contributed by atoms with E-state index in [0.717, 1.165) is 33.2 Å². The van der Waals surface area contributed by atoms with Gasteiger partial charge in [0.1, 0.15) is 5.75 Å². The van der Waals surface area contributed by atoms with Gasteiger partial charge in [-0.05, 0) is 35.9 Å². The second-order valence-corrected chi connectivity index (χ2v) is 5.24. The zero-order valence-corrected chi connectivity index (χ0v) is 10.9. The van der Waals surface area contributed by atoms with Crippen molar-refractivity contribution in [3.63, 3.8) is 0 Å². The van der Waals surface area contributed by atoms with Crippen LogP contribution in [0.3, 0.4) is 0 Å². The number of rotatable bonds is 3. The Labute approximate surface area is 114 Å². The van der Waals surface area contributed by atoms with Gasteiger partial charge in [-0.25, -0.2) is 4.98 Å². The molecule has 1 aromatic heterocycles. The minimum absolute atomic E-state index is 0.287. The number of nitrogen functional groups attached to an aromatic ring is 1. The summed E-state index contributed by atoms with van der Waals surface area (Å²) in [4.78, 5) is 7.71. The number of nitrogens with two attached hydrogens (primary N) is 1. The predicted octanol–water partition coefficient (Wildman–Crippen LogP) is 3.14. The summed E-state index contributed by atoms with van der Waals surface area (Å²) in [6.07, 6.45) is 0. The molecular formula is C14H13N3OS. The lowest BCUT2D eigenvalue weighted by molar-refractivity contribution is 0.475. The van der Waals surface area contributed by atoms with Crippen LogP contribution in [0.1, 0.15) is 5.56 Å². The molecule has 3 aromatic rings. The monoisotopic (exact) mass is 271 g/mol. The molecule has 4 N–H and O–H groups in total. The summed E-state index contributed by atoms with van der Waals surface area (Å²) in [6, 6.07) is 12.9. The maximum atomic E-state index is 9.41. The first kappa shape index (κ1) is 11.9. The molecule has 0 amide bonds. The SMILES string of the molecule is Nc1ccc2nc(SCc3cccc(O)c3)[nH]c2c1. The van der Waals surface area contributed by atoms with E-state index in [1.54, 1.807) is 23.9 Å². The number of imidazole rings is 1. The van der Waals surface area contributed by atoms with Gasteiger partial charge in [-0.1, -0.05) is 23.9 Å². The molecule has 0 aliphatic heterocycles. The van der Waals surface area contributed by atoms with Crippen molar-refractivity contribution in [3.05, 3.63) is 48.0 Å². The first-order chi connectivity index (χ1) is 9.20. The molecule has 0 aliphatic rings. The van der Waals surface area contributed by atoms with Crippen LogP contribution < -0.4 is 5.73 Å². The lowest BCUT2D eigenvalue weighted by Gasteiger charge is -1.99. The second kappa shape index (κ2) is 4.85. The third-order valence-corrected chi connectivity index (χ3v) is 3.71. The molecule has 0 fully saturated rings. The van der Waals surface area contributed by atoms with Crippen LogP contribution in [-0.4, -0.2) is 15.1 Å². The highest BCUT2D eigenvalue weighted by atomic mass is 32.2. The van der Waals surface area contributed by atoms with Gasteiger partial charge in [0.15, 0.2) is 5.16 Å². The summed E-state index contributed by atoms with van der Waals surface area (Å²) in [6.45, 7) is 0. The molecule has 2 aromatic carbocycles. The molecule has 0 radical (unpaired) electrons. The summed E-state index contributed by atoms with van der Waals surface area (Å²) in [5, 5.41) is 10.3. The van der Waals surface area contributed by atoms with Gasteiger partial charge in [-0.3, -0.25) is 0 Å². The van der Waals surface area contributed by atoms with Crippen LogP contribution in [0.15, 0.2) is 47.6 Å². The Morgan fingerprint density at radius 2 is 2.11 bits per heavy atom. The van der Waals surface area contributed by atoms with Crippen molar-refractivity contribution in [1.82, 2.24) is 9.97 Å². The molecule has 1 heterocycles. The molecule has 19 heavy (non-hydrogen) atoms. The van der Waals surface area contributed by atoms with Crippen LogP contribution >= 0.6 is 11.8 Å². The van der Waals surface area contributed by atoms with E-state index in [2.05, 4.69) is 9.97 Å². The Morgan fingerprint density at radius 1 is 1.21 bits per heavy atom. The third-order valence-electron chi connectivity index (χ3n) is 2.77. The first-order valence-corrected chi connectivity index (χ1v) is 6.85. The molecule has 0 saturated heterocycles. The number of hydrogen-bond acceptors (Lipinski definition) is 4. The van der Waals surface area contributed by atoms with Crippen molar-refractivity contribution in [3.8, 4) is 5.75 Å². The molecule has 96 valence electrons. The molecule has 4 nitrogen and oxygen atoms in total. The number of phenols is 1. The van der Waals surface area contributed by atoms with Gasteiger partial charge in [-0.2, -0.15) is 0 Å². The zero-order valence-electron chi connectivity index (χ0n) is 10.1. The van der Waals surface area contributed by atoms with Crippen molar-refractivity contribution in [1.29, 1.82) is 0 Å². The number of hydrogen-bond donors (Lipinski definition) is 3. The highest BCUT2D eigenvalue weighted by Gasteiger charge is 2.04. The number of aromatic nitrogens is 2. The Bertz CT molecular complexity index is 724. The second-order valence-electron chi connectivity index (χ2n) is 4.28. The fraction of sp³-hybridized carbons (Fsp3) is 0.0714. The van der Waals surface area contributed by atoms with Gasteiger partial charge < -0.3 is 15.8 Å². The van der Waals surface area contributed by atoms with Crippen LogP contribution in [0.25, 0.3) is 11.0 Å². The van der Waals surface area contributed by atoms with E-state index in [1.165, 1.54) is 0 Å². The Kier molecular flexibility index (Phi) is 3.05. The van der Waals surface area contributed by atoms with Crippen molar-refractivity contribution >= 4 is 28.5 Å². The predicted molar refractivity (Wildman–Crippen MR) is 78.2 cm³/mol. The number of aromatic amines is 1. The third kappa shape index (κ3) is 2.66. The van der Waals surface area contributed by atoms with E-state index in [1.807, 2.05) is 30.3 Å². The number of thioether (sulfide) groups is 1. The molecule has 0 spiro atoms. The highest BCUT2D eigenvalue weighted by molar-refractivity contribution is 7.98. The van der Waals surface area contributed by atoms with E-state index >= 15 is 0 Å². The number of fused-ring (bicyclic) bond motifs is 1. The number of anilines is 1. The van der Waals surface area contributed by atoms with Crippen LogP contribution in [0.4, 0.5) is 5.69 Å². The summed E-state index contributed by atoms with van der Waals surface area (Å²) in [5.74, 6) is 1.04. The van der Waals surface area contributed by atoms with Crippen molar-refractivity contribution in [2.45, 2.75) is 10.9 Å². The lowest BCUT2D eigenvalue weighted by atomic mass is 10.2. The standard InChI is InChI=1S/C14H13N3OS/c15-10-4-5-12-13(7-10)17-14(16-12)19-8-9-2-1-3-11(18)6-9/h1-7,18H,8,15H2,(H,16,17). The highest BCUT2D eigenvalue weighted by Crippen LogP contribution is 2.25. The Balaban J connectivity index is 1.78. The quantitative estimate of drug-likeness (QED) is 0.505. The van der Waals surface area contributed by atoms with Gasteiger partial charge in [0.05, 0.1) is 11.0 Å². The molecule has 0 saturated carbocycles. The average molecular weight is 271 g/mol. The van der Waals surface area contributed by atoms with Crippen LogP contribution in [-0.2, 0) is 5.75 Å². The Hall–Kier alpha value is -2.14. The van der Waals surface area contributed by atoms with Gasteiger partial charge in [0.2, 0.25) is 0 Å². The number of nitrogens with zero attached hydrogens (tertiary/aromatic N) is 1. The molecule has 0 bridgehead atoms. The summed E-state index contributed by atoms with van der Waals surface area (Å²) in [5.41, 5.74) is 9.37. The maximum Gasteiger partial charge on any atom is 0.166 e. The summed E-state index contributed by atoms with van der Waals surface area (Å²) >= 11 is 1.60. The molecule has 0 aliphatic carbocycles. The lowest BCUT2D eigenvalue weighted by Crippen LogP contribution is -1.82. The van der Waals surface area contributed by atoms with Gasteiger partial charge in [-0.15, -0.1) is 0 Å². The summed E-state index contributed by atoms with van der Waals surface area (Å²) in [7, 11) is 0. The minimum Gasteiger partial charge on any atom is -0.508 e. The van der Waals surface area contributed by atoms with Crippen molar-refractivity contribution in [2.24, 2.45) is 0 Å². The van der Waals surface area contributed by atoms with Crippen LogP contribution in [0, 0.1) is 0 Å². The van der Waals surface area contributed by atoms with Crippen LogP contribution in [0.2, 0.25) is 0 Å². The zero-order chi connectivity index (χ0) is 13.2.